The van der Waals surface area contributed by atoms with Crippen molar-refractivity contribution in [2.45, 2.75) is 45.1 Å². The summed E-state index contributed by atoms with van der Waals surface area (Å²) >= 11 is 6.20. The van der Waals surface area contributed by atoms with E-state index >= 15 is 0 Å². The van der Waals surface area contributed by atoms with Gasteiger partial charge in [0, 0.05) is 30.3 Å². The number of methoxy groups -OCH3 is 3. The van der Waals surface area contributed by atoms with E-state index in [4.69, 9.17) is 30.3 Å². The predicted octanol–water partition coefficient (Wildman–Crippen LogP) is 5.79. The first-order valence-corrected chi connectivity index (χ1v) is 12.9. The van der Waals surface area contributed by atoms with Gasteiger partial charge in [-0.05, 0) is 44.2 Å². The summed E-state index contributed by atoms with van der Waals surface area (Å²) in [6.45, 7) is 1.59. The van der Waals surface area contributed by atoms with Crippen molar-refractivity contribution in [3.8, 4) is 28.5 Å². The normalized spacial score (nSPS) is 16.9. The van der Waals surface area contributed by atoms with Gasteiger partial charge in [0.25, 0.3) is 5.91 Å². The zero-order chi connectivity index (χ0) is 28.1. The topological polar surface area (TPSA) is 112 Å². The number of hydrogen-bond donors (Lipinski definition) is 2. The summed E-state index contributed by atoms with van der Waals surface area (Å²) in [5, 5.41) is 9.97. The molecule has 11 heteroatoms. The van der Waals surface area contributed by atoms with Gasteiger partial charge in [-0.3, -0.25) is 9.59 Å². The minimum absolute atomic E-state index is 0.0196. The number of rotatable bonds is 9. The highest BCUT2D eigenvalue weighted by molar-refractivity contribution is 6.33. The fourth-order valence-corrected chi connectivity index (χ4v) is 5.28. The van der Waals surface area contributed by atoms with E-state index in [-0.39, 0.29) is 51.9 Å². The first kappa shape index (κ1) is 28.2. The van der Waals surface area contributed by atoms with E-state index in [2.05, 4.69) is 15.8 Å². The summed E-state index contributed by atoms with van der Waals surface area (Å²) in [7, 11) is 4.53. The van der Waals surface area contributed by atoms with Crippen LogP contribution in [0.15, 0.2) is 34.9 Å². The molecule has 3 aromatic rings. The van der Waals surface area contributed by atoms with Crippen molar-refractivity contribution in [2.24, 2.45) is 5.92 Å². The molecule has 2 amide bonds. The fourth-order valence-electron chi connectivity index (χ4n) is 5.03. The van der Waals surface area contributed by atoms with Gasteiger partial charge >= 0.3 is 0 Å². The zero-order valence-electron chi connectivity index (χ0n) is 22.2. The lowest BCUT2D eigenvalue weighted by Gasteiger charge is -2.29. The van der Waals surface area contributed by atoms with Crippen molar-refractivity contribution >= 4 is 29.1 Å². The van der Waals surface area contributed by atoms with E-state index in [1.165, 1.54) is 39.5 Å². The molecular formula is C28H31ClFN3O6. The molecule has 1 heterocycles. The van der Waals surface area contributed by atoms with Gasteiger partial charge in [-0.25, -0.2) is 4.39 Å². The predicted molar refractivity (Wildman–Crippen MR) is 144 cm³/mol. The molecule has 39 heavy (non-hydrogen) atoms. The van der Waals surface area contributed by atoms with Crippen molar-refractivity contribution in [1.82, 2.24) is 10.5 Å². The maximum atomic E-state index is 14.5. The SMILES string of the molecule is COc1cc(NC(=O)CC2CCCC(NC(=O)c3c(-c4c(F)cccc4Cl)noc3C)C2)cc(OC)c1OC. The van der Waals surface area contributed by atoms with Gasteiger partial charge in [0.2, 0.25) is 11.7 Å². The van der Waals surface area contributed by atoms with Crippen molar-refractivity contribution < 1.29 is 32.7 Å². The molecule has 1 saturated carbocycles. The Hall–Kier alpha value is -3.79. The highest BCUT2D eigenvalue weighted by Crippen LogP contribution is 2.40. The highest BCUT2D eigenvalue weighted by Gasteiger charge is 2.30. The lowest BCUT2D eigenvalue weighted by molar-refractivity contribution is -0.117. The third kappa shape index (κ3) is 6.27. The van der Waals surface area contributed by atoms with E-state index in [0.717, 1.165) is 19.3 Å². The second-order valence-corrected chi connectivity index (χ2v) is 9.84. The third-order valence-corrected chi connectivity index (χ3v) is 7.14. The number of carbonyl (C=O) groups excluding carboxylic acids is 2. The van der Waals surface area contributed by atoms with E-state index < -0.39 is 11.7 Å². The van der Waals surface area contributed by atoms with E-state index in [1.54, 1.807) is 19.1 Å². The number of carbonyl (C=O) groups is 2. The molecule has 0 aliphatic heterocycles. The van der Waals surface area contributed by atoms with Crippen LogP contribution < -0.4 is 24.8 Å². The number of aromatic nitrogens is 1. The average Bonchev–Trinajstić information content (AvgIpc) is 3.28. The number of ether oxygens (including phenoxy) is 3. The molecule has 4 rings (SSSR count). The van der Waals surface area contributed by atoms with E-state index in [0.29, 0.717) is 29.4 Å². The van der Waals surface area contributed by atoms with Gasteiger partial charge in [0.15, 0.2) is 11.5 Å². The largest absolute Gasteiger partial charge is 0.493 e. The summed E-state index contributed by atoms with van der Waals surface area (Å²) in [6, 6.07) is 7.44. The van der Waals surface area contributed by atoms with Gasteiger partial charge in [0.1, 0.15) is 22.8 Å². The van der Waals surface area contributed by atoms with Crippen LogP contribution in [0.3, 0.4) is 0 Å². The Morgan fingerprint density at radius 1 is 1.13 bits per heavy atom. The van der Waals surface area contributed by atoms with Crippen molar-refractivity contribution in [2.75, 3.05) is 26.6 Å². The maximum Gasteiger partial charge on any atom is 0.257 e. The smallest absolute Gasteiger partial charge is 0.257 e. The maximum absolute atomic E-state index is 14.5. The minimum Gasteiger partial charge on any atom is -0.493 e. The molecule has 1 aromatic heterocycles. The second kappa shape index (κ2) is 12.4. The Kier molecular flexibility index (Phi) is 8.96. The molecule has 0 radical (unpaired) electrons. The van der Waals surface area contributed by atoms with Crippen molar-refractivity contribution in [3.63, 3.8) is 0 Å². The van der Waals surface area contributed by atoms with Crippen LogP contribution in [0.4, 0.5) is 10.1 Å². The molecule has 2 aromatic carbocycles. The third-order valence-electron chi connectivity index (χ3n) is 6.83. The number of hydrogen-bond acceptors (Lipinski definition) is 7. The number of halogens is 2. The van der Waals surface area contributed by atoms with Crippen molar-refractivity contribution in [1.29, 1.82) is 0 Å². The molecule has 2 N–H and O–H groups in total. The van der Waals surface area contributed by atoms with Gasteiger partial charge < -0.3 is 29.4 Å². The quantitative estimate of drug-likeness (QED) is 0.341. The van der Waals surface area contributed by atoms with Crippen LogP contribution in [0.25, 0.3) is 11.3 Å². The Bertz CT molecular complexity index is 1320. The summed E-state index contributed by atoms with van der Waals surface area (Å²) in [5.41, 5.74) is 0.748. The number of benzene rings is 2. The Labute approximate surface area is 230 Å². The minimum atomic E-state index is -0.597. The fraction of sp³-hybridized carbons (Fsp3) is 0.393. The van der Waals surface area contributed by atoms with Crippen LogP contribution in [0.5, 0.6) is 17.2 Å². The molecule has 2 unspecified atom stereocenters. The number of aryl methyl sites for hydroxylation is 1. The molecule has 1 aliphatic carbocycles. The molecule has 208 valence electrons. The van der Waals surface area contributed by atoms with E-state index in [1.807, 2.05) is 0 Å². The second-order valence-electron chi connectivity index (χ2n) is 9.43. The number of nitrogens with one attached hydrogen (secondary N) is 2. The van der Waals surface area contributed by atoms with Crippen LogP contribution in [0, 0.1) is 18.7 Å². The number of amides is 2. The molecule has 0 saturated heterocycles. The Morgan fingerprint density at radius 2 is 1.85 bits per heavy atom. The first-order chi connectivity index (χ1) is 18.7. The molecule has 9 nitrogen and oxygen atoms in total. The van der Waals surface area contributed by atoms with Gasteiger partial charge in [0.05, 0.1) is 31.9 Å². The average molecular weight is 560 g/mol. The molecule has 0 spiro atoms. The number of nitrogens with zero attached hydrogens (tertiary/aromatic N) is 1. The van der Waals surface area contributed by atoms with Crippen LogP contribution in [-0.4, -0.2) is 44.3 Å². The van der Waals surface area contributed by atoms with Gasteiger partial charge in [-0.2, -0.15) is 0 Å². The monoisotopic (exact) mass is 559 g/mol. The lowest BCUT2D eigenvalue weighted by Crippen LogP contribution is -2.39. The summed E-state index contributed by atoms with van der Waals surface area (Å²) in [6.07, 6.45) is 3.37. The number of anilines is 1. The summed E-state index contributed by atoms with van der Waals surface area (Å²) in [5.74, 6) is 0.464. The zero-order valence-corrected chi connectivity index (χ0v) is 23.0. The van der Waals surface area contributed by atoms with Crippen LogP contribution in [0.2, 0.25) is 5.02 Å². The molecule has 1 fully saturated rings. The summed E-state index contributed by atoms with van der Waals surface area (Å²) < 4.78 is 35.8. The molecule has 1 aliphatic rings. The van der Waals surface area contributed by atoms with E-state index in [9.17, 15) is 14.0 Å². The first-order valence-electron chi connectivity index (χ1n) is 12.6. The van der Waals surface area contributed by atoms with Crippen LogP contribution in [-0.2, 0) is 4.79 Å². The Morgan fingerprint density at radius 3 is 2.49 bits per heavy atom. The molecular weight excluding hydrogens is 529 g/mol. The van der Waals surface area contributed by atoms with Crippen LogP contribution in [0.1, 0.15) is 48.2 Å². The standard InChI is InChI=1S/C28H31ClFN3O6/c1-15-24(26(33-39-15)25-19(29)9-6-10-20(25)30)28(35)32-17-8-5-7-16(11-17)12-23(34)31-18-13-21(36-2)27(38-4)22(14-18)37-3/h6,9-10,13-14,16-17H,5,7-8,11-12H2,1-4H3,(H,31,34)(H,32,35). The lowest BCUT2D eigenvalue weighted by atomic mass is 9.83. The van der Waals surface area contributed by atoms with Gasteiger partial charge in [-0.1, -0.05) is 29.2 Å². The molecule has 2 atom stereocenters. The highest BCUT2D eigenvalue weighted by atomic mass is 35.5. The van der Waals surface area contributed by atoms with Gasteiger partial charge in [-0.15, -0.1) is 0 Å². The van der Waals surface area contributed by atoms with Crippen LogP contribution >= 0.6 is 11.6 Å². The molecule has 0 bridgehead atoms. The summed E-state index contributed by atoms with van der Waals surface area (Å²) in [4.78, 5) is 26.1. The Balaban J connectivity index is 1.41. The van der Waals surface area contributed by atoms with Crippen molar-refractivity contribution in [3.05, 3.63) is 52.5 Å².